The molecule has 0 saturated heterocycles. The molecule has 31 heavy (non-hydrogen) atoms. The van der Waals surface area contributed by atoms with Crippen LogP contribution in [0.5, 0.6) is 0 Å². The number of hydrogen-bond acceptors (Lipinski definition) is 5. The van der Waals surface area contributed by atoms with Crippen molar-refractivity contribution in [3.8, 4) is 0 Å². The molecule has 1 aromatic heterocycles. The third kappa shape index (κ3) is 8.69. The molecule has 3 N–H and O–H groups in total. The standard InChI is InChI=1S/C21H30FN5O2S.HI/c1-5-24-21(27(3)12-18-13-30-20(26-18)14(2)29-4)25-11-16(19(23)28)10-15-6-8-17(22)9-7-15;/h6-9,13-14,16H,5,10-12H2,1-4H3,(H2,23,28)(H,24,25);1H. The van der Waals surface area contributed by atoms with Crippen LogP contribution in [0.15, 0.2) is 34.6 Å². The number of carbonyl (C=O) groups excluding carboxylic acids is 1. The number of methoxy groups -OCH3 is 1. The Bertz CT molecular complexity index is 847. The van der Waals surface area contributed by atoms with Gasteiger partial charge in [-0.15, -0.1) is 35.3 Å². The lowest BCUT2D eigenvalue weighted by atomic mass is 9.99. The molecule has 0 radical (unpaired) electrons. The Labute approximate surface area is 204 Å². The fourth-order valence-electron chi connectivity index (χ4n) is 2.83. The summed E-state index contributed by atoms with van der Waals surface area (Å²) in [6, 6.07) is 6.07. The van der Waals surface area contributed by atoms with Gasteiger partial charge in [0.2, 0.25) is 5.91 Å². The van der Waals surface area contributed by atoms with Crippen LogP contribution in [0, 0.1) is 11.7 Å². The number of hydrogen-bond donors (Lipinski definition) is 2. The predicted octanol–water partition coefficient (Wildman–Crippen LogP) is 3.35. The van der Waals surface area contributed by atoms with Crippen molar-refractivity contribution in [2.45, 2.75) is 32.9 Å². The van der Waals surface area contributed by atoms with Gasteiger partial charge in [-0.05, 0) is 38.0 Å². The van der Waals surface area contributed by atoms with Crippen molar-refractivity contribution >= 4 is 47.2 Å². The van der Waals surface area contributed by atoms with Gasteiger partial charge in [-0.2, -0.15) is 0 Å². The van der Waals surface area contributed by atoms with Crippen LogP contribution in [0.2, 0.25) is 0 Å². The Morgan fingerprint density at radius 2 is 2.06 bits per heavy atom. The predicted molar refractivity (Wildman–Crippen MR) is 133 cm³/mol. The zero-order valence-electron chi connectivity index (χ0n) is 18.3. The molecule has 2 aromatic rings. The molecule has 10 heteroatoms. The highest BCUT2D eigenvalue weighted by atomic mass is 127. The largest absolute Gasteiger partial charge is 0.375 e. The monoisotopic (exact) mass is 563 g/mol. The van der Waals surface area contributed by atoms with Gasteiger partial charge in [0.05, 0.1) is 24.7 Å². The molecule has 1 heterocycles. The van der Waals surface area contributed by atoms with E-state index in [2.05, 4.69) is 15.3 Å². The summed E-state index contributed by atoms with van der Waals surface area (Å²) in [7, 11) is 3.58. The summed E-state index contributed by atoms with van der Waals surface area (Å²) >= 11 is 1.56. The molecule has 2 atom stereocenters. The number of benzene rings is 1. The van der Waals surface area contributed by atoms with Crippen LogP contribution in [0.4, 0.5) is 4.39 Å². The molecule has 0 aliphatic rings. The number of carbonyl (C=O) groups is 1. The molecule has 2 rings (SSSR count). The van der Waals surface area contributed by atoms with Gasteiger partial charge in [-0.1, -0.05) is 12.1 Å². The quantitative estimate of drug-likeness (QED) is 0.263. The van der Waals surface area contributed by atoms with Gasteiger partial charge in [0, 0.05) is 26.1 Å². The van der Waals surface area contributed by atoms with Crippen molar-refractivity contribution in [1.82, 2.24) is 15.2 Å². The summed E-state index contributed by atoms with van der Waals surface area (Å²) in [6.45, 7) is 5.43. The number of nitrogens with two attached hydrogens (primary N) is 1. The first-order valence-corrected chi connectivity index (χ1v) is 10.7. The number of primary amides is 1. The second kappa shape index (κ2) is 13.6. The van der Waals surface area contributed by atoms with Gasteiger partial charge >= 0.3 is 0 Å². The van der Waals surface area contributed by atoms with E-state index < -0.39 is 11.8 Å². The highest BCUT2D eigenvalue weighted by Crippen LogP contribution is 2.21. The molecule has 7 nitrogen and oxygen atoms in total. The Morgan fingerprint density at radius 3 is 2.65 bits per heavy atom. The van der Waals surface area contributed by atoms with Crippen LogP contribution in [-0.4, -0.2) is 49.0 Å². The third-order valence-corrected chi connectivity index (χ3v) is 5.68. The van der Waals surface area contributed by atoms with E-state index in [1.54, 1.807) is 30.6 Å². The van der Waals surface area contributed by atoms with Gasteiger partial charge in [0.15, 0.2) is 5.96 Å². The summed E-state index contributed by atoms with van der Waals surface area (Å²) < 4.78 is 18.4. The number of thiazole rings is 1. The number of aromatic nitrogens is 1. The number of nitrogens with one attached hydrogen (secondary N) is 1. The lowest BCUT2D eigenvalue weighted by molar-refractivity contribution is -0.121. The van der Waals surface area contributed by atoms with Gasteiger partial charge in [0.25, 0.3) is 0 Å². The lowest BCUT2D eigenvalue weighted by Gasteiger charge is -2.22. The van der Waals surface area contributed by atoms with Crippen molar-refractivity contribution in [2.75, 3.05) is 27.2 Å². The maximum Gasteiger partial charge on any atom is 0.222 e. The highest BCUT2D eigenvalue weighted by molar-refractivity contribution is 14.0. The van der Waals surface area contributed by atoms with Crippen molar-refractivity contribution in [3.63, 3.8) is 0 Å². The molecular formula is C21H31FIN5O2S. The van der Waals surface area contributed by atoms with E-state index >= 15 is 0 Å². The third-order valence-electron chi connectivity index (χ3n) is 4.63. The van der Waals surface area contributed by atoms with Crippen molar-refractivity contribution in [1.29, 1.82) is 0 Å². The van der Waals surface area contributed by atoms with Crippen LogP contribution in [0.25, 0.3) is 0 Å². The van der Waals surface area contributed by atoms with Crippen LogP contribution in [0.1, 0.15) is 36.2 Å². The number of ether oxygens (including phenoxy) is 1. The van der Waals surface area contributed by atoms with Crippen LogP contribution in [0.3, 0.4) is 0 Å². The molecule has 0 saturated carbocycles. The lowest BCUT2D eigenvalue weighted by Crippen LogP contribution is -2.39. The molecule has 0 aliphatic carbocycles. The first-order chi connectivity index (χ1) is 14.3. The Kier molecular flexibility index (Phi) is 11.9. The van der Waals surface area contributed by atoms with Gasteiger partial charge < -0.3 is 20.7 Å². The summed E-state index contributed by atoms with van der Waals surface area (Å²) in [5, 5.41) is 6.17. The first kappa shape index (κ1) is 27.2. The Balaban J connectivity index is 0.00000480. The second-order valence-electron chi connectivity index (χ2n) is 7.04. The maximum absolute atomic E-state index is 13.1. The minimum absolute atomic E-state index is 0. The number of guanidine groups is 1. The van der Waals surface area contributed by atoms with Gasteiger partial charge in [-0.25, -0.2) is 9.37 Å². The normalized spacial score (nSPS) is 13.3. The van der Waals surface area contributed by atoms with E-state index in [1.807, 2.05) is 31.2 Å². The average Bonchev–Trinajstić information content (AvgIpc) is 3.19. The number of amides is 1. The Morgan fingerprint density at radius 1 is 1.39 bits per heavy atom. The zero-order chi connectivity index (χ0) is 22.1. The molecule has 0 fully saturated rings. The van der Waals surface area contributed by atoms with Crippen molar-refractivity contribution < 1.29 is 13.9 Å². The van der Waals surface area contributed by atoms with Crippen LogP contribution in [-0.2, 0) is 22.5 Å². The highest BCUT2D eigenvalue weighted by Gasteiger charge is 2.18. The molecule has 1 aromatic carbocycles. The van der Waals surface area contributed by atoms with Gasteiger partial charge in [0.1, 0.15) is 16.9 Å². The summed E-state index contributed by atoms with van der Waals surface area (Å²) in [4.78, 5) is 23.1. The minimum Gasteiger partial charge on any atom is -0.375 e. The smallest absolute Gasteiger partial charge is 0.222 e. The van der Waals surface area contributed by atoms with Gasteiger partial charge in [-0.3, -0.25) is 9.79 Å². The molecule has 172 valence electrons. The fourth-order valence-corrected chi connectivity index (χ4v) is 3.67. The maximum atomic E-state index is 13.1. The zero-order valence-corrected chi connectivity index (χ0v) is 21.4. The summed E-state index contributed by atoms with van der Waals surface area (Å²) in [5.41, 5.74) is 7.35. The Hall–Kier alpha value is -1.79. The van der Waals surface area contributed by atoms with Crippen LogP contribution < -0.4 is 11.1 Å². The van der Waals surface area contributed by atoms with E-state index in [1.165, 1.54) is 12.1 Å². The molecule has 0 bridgehead atoms. The molecule has 0 aliphatic heterocycles. The molecule has 2 unspecified atom stereocenters. The van der Waals surface area contributed by atoms with E-state index in [0.29, 0.717) is 25.5 Å². The van der Waals surface area contributed by atoms with Crippen molar-refractivity contribution in [2.24, 2.45) is 16.6 Å². The first-order valence-electron chi connectivity index (χ1n) is 9.84. The van der Waals surface area contributed by atoms with E-state index in [9.17, 15) is 9.18 Å². The minimum atomic E-state index is -0.481. The van der Waals surface area contributed by atoms with E-state index in [0.717, 1.165) is 16.3 Å². The van der Waals surface area contributed by atoms with E-state index in [-0.39, 0.29) is 42.4 Å². The SMILES string of the molecule is CCNC(=NCC(Cc1ccc(F)cc1)C(N)=O)N(C)Cc1csc(C(C)OC)n1.I. The summed E-state index contributed by atoms with van der Waals surface area (Å²) in [5.74, 6) is -0.559. The topological polar surface area (TPSA) is 92.8 Å². The average molecular weight is 563 g/mol. The second-order valence-corrected chi connectivity index (χ2v) is 7.93. The number of rotatable bonds is 10. The van der Waals surface area contributed by atoms with Crippen LogP contribution >= 0.6 is 35.3 Å². The summed E-state index contributed by atoms with van der Waals surface area (Å²) in [6.07, 6.45) is 0.366. The van der Waals surface area contributed by atoms with Crippen molar-refractivity contribution in [3.05, 3.63) is 51.7 Å². The van der Waals surface area contributed by atoms with E-state index in [4.69, 9.17) is 10.5 Å². The number of nitrogens with zero attached hydrogens (tertiary/aromatic N) is 3. The number of aliphatic imine (C=N–C) groups is 1. The molecular weight excluding hydrogens is 532 g/mol. The molecule has 1 amide bonds. The number of halogens is 2. The fraction of sp³-hybridized carbons (Fsp3) is 0.476. The molecule has 0 spiro atoms.